The van der Waals surface area contributed by atoms with Gasteiger partial charge in [0, 0.05) is 17.4 Å². The highest BCUT2D eigenvalue weighted by atomic mass is 35.5. The molecule has 2 unspecified atom stereocenters. The largest absolute Gasteiger partial charge is 0.478 e. The Morgan fingerprint density at radius 3 is 2.73 bits per heavy atom. The minimum atomic E-state index is -1.03. The molecule has 1 saturated heterocycles. The maximum absolute atomic E-state index is 13.4. The molecule has 3 aromatic rings. The first-order chi connectivity index (χ1) is 16.0. The molecule has 0 bridgehead atoms. The normalized spacial score (nSPS) is 22.8. The summed E-state index contributed by atoms with van der Waals surface area (Å²) in [6.07, 6.45) is 3.69. The number of halogens is 1. The molecule has 2 aliphatic rings. The van der Waals surface area contributed by atoms with Gasteiger partial charge in [-0.2, -0.15) is 11.3 Å². The second kappa shape index (κ2) is 9.49. The summed E-state index contributed by atoms with van der Waals surface area (Å²) < 4.78 is 5.89. The topological polar surface area (TPSA) is 68.3 Å². The van der Waals surface area contributed by atoms with E-state index >= 15 is 0 Å². The van der Waals surface area contributed by atoms with Crippen molar-refractivity contribution in [2.24, 2.45) is 5.92 Å². The number of rotatable bonds is 8. The van der Waals surface area contributed by atoms with Gasteiger partial charge in [0.1, 0.15) is 10.8 Å². The zero-order chi connectivity index (χ0) is 22.8. The molecular weight excluding hydrogens is 476 g/mol. The highest BCUT2D eigenvalue weighted by molar-refractivity contribution is 8.01. The van der Waals surface area contributed by atoms with Crippen LogP contribution in [0.1, 0.15) is 36.9 Å². The third-order valence-corrected chi connectivity index (χ3v) is 8.48. The summed E-state index contributed by atoms with van der Waals surface area (Å²) in [5, 5.41) is 6.70. The molecule has 3 heterocycles. The van der Waals surface area contributed by atoms with E-state index in [1.807, 2.05) is 53.2 Å². The first-order valence-electron chi connectivity index (χ1n) is 10.9. The summed E-state index contributed by atoms with van der Waals surface area (Å²) in [6.45, 7) is 0.619. The van der Waals surface area contributed by atoms with E-state index in [9.17, 15) is 9.59 Å². The molecular formula is C25H23ClN2O3S2. The predicted molar refractivity (Wildman–Crippen MR) is 131 cm³/mol. The van der Waals surface area contributed by atoms with Crippen molar-refractivity contribution < 1.29 is 14.3 Å². The Labute approximate surface area is 205 Å². The smallest absolute Gasteiger partial charge is 0.242 e. The van der Waals surface area contributed by atoms with Crippen molar-refractivity contribution in [1.82, 2.24) is 10.3 Å². The van der Waals surface area contributed by atoms with Crippen LogP contribution in [0.2, 0.25) is 5.02 Å². The molecule has 1 aliphatic carbocycles. The summed E-state index contributed by atoms with van der Waals surface area (Å²) in [5.74, 6) is 0.783. The molecule has 1 aliphatic heterocycles. The molecule has 8 heteroatoms. The molecule has 2 fully saturated rings. The van der Waals surface area contributed by atoms with Crippen molar-refractivity contribution in [3.05, 3.63) is 75.6 Å². The van der Waals surface area contributed by atoms with Crippen LogP contribution in [0.15, 0.2) is 64.2 Å². The SMILES string of the molecule is O=C1CC(c2ccsc2)(c2cccc(OCCC3CC3)n2)NC(=O)C1Sc1ccccc1Cl. The van der Waals surface area contributed by atoms with Crippen LogP contribution in [0.25, 0.3) is 0 Å². The molecule has 1 N–H and O–H groups in total. The third-order valence-electron chi connectivity index (χ3n) is 6.04. The summed E-state index contributed by atoms with van der Waals surface area (Å²) in [6, 6.07) is 14.7. The van der Waals surface area contributed by atoms with Crippen LogP contribution >= 0.6 is 34.7 Å². The first kappa shape index (κ1) is 22.4. The highest BCUT2D eigenvalue weighted by Crippen LogP contribution is 2.41. The van der Waals surface area contributed by atoms with Crippen LogP contribution in [0.3, 0.4) is 0 Å². The van der Waals surface area contributed by atoms with Gasteiger partial charge in [-0.3, -0.25) is 9.59 Å². The number of carbonyl (C=O) groups is 2. The van der Waals surface area contributed by atoms with Crippen LogP contribution in [0.4, 0.5) is 0 Å². The number of hydrogen-bond donors (Lipinski definition) is 1. The maximum Gasteiger partial charge on any atom is 0.242 e. The Bertz CT molecular complexity index is 1150. The highest BCUT2D eigenvalue weighted by Gasteiger charge is 2.48. The maximum atomic E-state index is 13.4. The van der Waals surface area contributed by atoms with Gasteiger partial charge in [0.2, 0.25) is 11.8 Å². The number of carbonyl (C=O) groups excluding carboxylic acids is 2. The van der Waals surface area contributed by atoms with E-state index in [1.54, 1.807) is 6.07 Å². The van der Waals surface area contributed by atoms with Gasteiger partial charge in [-0.25, -0.2) is 4.98 Å². The molecule has 5 nitrogen and oxygen atoms in total. The van der Waals surface area contributed by atoms with Gasteiger partial charge in [0.25, 0.3) is 0 Å². The van der Waals surface area contributed by atoms with Crippen molar-refractivity contribution in [1.29, 1.82) is 0 Å². The second-order valence-corrected chi connectivity index (χ2v) is 10.8. The van der Waals surface area contributed by atoms with Gasteiger partial charge >= 0.3 is 0 Å². The number of piperidine rings is 1. The van der Waals surface area contributed by atoms with Gasteiger partial charge in [0.05, 0.1) is 17.3 Å². The molecule has 1 aromatic carbocycles. The number of ether oxygens (including phenoxy) is 1. The summed E-state index contributed by atoms with van der Waals surface area (Å²) in [4.78, 5) is 32.1. The molecule has 170 valence electrons. The number of ketones is 1. The number of nitrogens with one attached hydrogen (secondary N) is 1. The van der Waals surface area contributed by atoms with Crippen molar-refractivity contribution in [3.63, 3.8) is 0 Å². The number of thioether (sulfide) groups is 1. The fourth-order valence-corrected chi connectivity index (χ4v) is 6.03. The standard InChI is InChI=1S/C25H23ClN2O3S2/c26-18-4-1-2-5-20(18)33-23-19(29)14-25(28-24(23)30,17-11-13-32-15-17)21-6-3-7-22(27-21)31-12-10-16-8-9-16/h1-7,11,13,15-16,23H,8-10,12,14H2,(H,28,30). The number of benzene rings is 1. The molecule has 1 amide bonds. The lowest BCUT2D eigenvalue weighted by atomic mass is 9.79. The fourth-order valence-electron chi connectivity index (χ4n) is 4.06. The molecule has 0 radical (unpaired) electrons. The van der Waals surface area contributed by atoms with E-state index in [-0.39, 0.29) is 18.1 Å². The van der Waals surface area contributed by atoms with Gasteiger partial charge in [-0.05, 0) is 52.9 Å². The monoisotopic (exact) mass is 498 g/mol. The number of aromatic nitrogens is 1. The van der Waals surface area contributed by atoms with Crippen LogP contribution < -0.4 is 10.1 Å². The minimum absolute atomic E-state index is 0.107. The van der Waals surface area contributed by atoms with Gasteiger partial charge in [-0.1, -0.05) is 42.6 Å². The Balaban J connectivity index is 1.43. The summed E-state index contributed by atoms with van der Waals surface area (Å²) in [7, 11) is 0. The van der Waals surface area contributed by atoms with E-state index in [2.05, 4.69) is 5.32 Å². The average Bonchev–Trinajstić information content (AvgIpc) is 3.46. The molecule has 1 saturated carbocycles. The third kappa shape index (κ3) is 4.81. The summed E-state index contributed by atoms with van der Waals surface area (Å²) >= 11 is 8.97. The number of pyridine rings is 1. The van der Waals surface area contributed by atoms with Crippen LogP contribution in [0, 0.1) is 5.92 Å². The van der Waals surface area contributed by atoms with E-state index < -0.39 is 10.8 Å². The van der Waals surface area contributed by atoms with E-state index in [4.69, 9.17) is 21.3 Å². The Kier molecular flexibility index (Phi) is 6.45. The molecule has 0 spiro atoms. The lowest BCUT2D eigenvalue weighted by molar-refractivity contribution is -0.133. The number of amides is 1. The second-order valence-electron chi connectivity index (χ2n) is 8.42. The van der Waals surface area contributed by atoms with Crippen LogP contribution in [0.5, 0.6) is 5.88 Å². The predicted octanol–water partition coefficient (Wildman–Crippen LogP) is 5.47. The number of nitrogens with zero attached hydrogens (tertiary/aromatic N) is 1. The van der Waals surface area contributed by atoms with E-state index in [1.165, 1.54) is 35.9 Å². The first-order valence-corrected chi connectivity index (χ1v) is 13.1. The van der Waals surface area contributed by atoms with Crippen molar-refractivity contribution in [3.8, 4) is 5.88 Å². The Morgan fingerprint density at radius 2 is 2.00 bits per heavy atom. The van der Waals surface area contributed by atoms with Crippen molar-refractivity contribution >= 4 is 46.4 Å². The van der Waals surface area contributed by atoms with Gasteiger partial charge < -0.3 is 10.1 Å². The van der Waals surface area contributed by atoms with E-state index in [0.717, 1.165) is 17.9 Å². The lowest BCUT2D eigenvalue weighted by Crippen LogP contribution is -2.58. The van der Waals surface area contributed by atoms with Crippen LogP contribution in [-0.2, 0) is 15.1 Å². The fraction of sp³-hybridized carbons (Fsp3) is 0.320. The lowest BCUT2D eigenvalue weighted by Gasteiger charge is -2.39. The molecule has 2 aromatic heterocycles. The summed E-state index contributed by atoms with van der Waals surface area (Å²) in [5.41, 5.74) is 0.424. The van der Waals surface area contributed by atoms with E-state index in [0.29, 0.717) is 28.1 Å². The quantitative estimate of drug-likeness (QED) is 0.417. The number of hydrogen-bond acceptors (Lipinski definition) is 6. The van der Waals surface area contributed by atoms with Crippen molar-refractivity contribution in [2.75, 3.05) is 6.61 Å². The Morgan fingerprint density at radius 1 is 1.15 bits per heavy atom. The van der Waals surface area contributed by atoms with Gasteiger partial charge in [0.15, 0.2) is 5.78 Å². The number of thiophene rings is 1. The molecule has 5 rings (SSSR count). The Hall–Kier alpha value is -2.35. The van der Waals surface area contributed by atoms with Crippen molar-refractivity contribution in [2.45, 2.75) is 41.4 Å². The zero-order valence-electron chi connectivity index (χ0n) is 17.8. The minimum Gasteiger partial charge on any atom is -0.478 e. The molecule has 2 atom stereocenters. The van der Waals surface area contributed by atoms with Gasteiger partial charge in [-0.15, -0.1) is 11.8 Å². The van der Waals surface area contributed by atoms with Crippen LogP contribution in [-0.4, -0.2) is 28.5 Å². The number of Topliss-reactive ketones (excluding diaryl/α,β-unsaturated/α-hetero) is 1. The average molecular weight is 499 g/mol. The zero-order valence-corrected chi connectivity index (χ0v) is 20.2. The molecule has 33 heavy (non-hydrogen) atoms.